The van der Waals surface area contributed by atoms with Crippen LogP contribution in [0.25, 0.3) is 11.1 Å². The largest absolute Gasteiger partial charge is 0.593 e. The van der Waals surface area contributed by atoms with E-state index in [1.807, 2.05) is 35.0 Å². The van der Waals surface area contributed by atoms with Gasteiger partial charge in [-0.15, -0.1) is 4.72 Å². The second-order valence-electron chi connectivity index (χ2n) is 5.90. The molecule has 1 atom stereocenters. The molecule has 3 aromatic rings. The summed E-state index contributed by atoms with van der Waals surface area (Å²) in [4.78, 5) is 12.4. The minimum Gasteiger partial charge on any atom is -0.593 e. The molecule has 3 rings (SSSR count). The van der Waals surface area contributed by atoms with E-state index in [1.165, 1.54) is 6.92 Å². The Morgan fingerprint density at radius 1 is 1.26 bits per heavy atom. The summed E-state index contributed by atoms with van der Waals surface area (Å²) in [6.07, 6.45) is 0. The summed E-state index contributed by atoms with van der Waals surface area (Å²) in [5, 5.41) is 10.4. The van der Waals surface area contributed by atoms with E-state index in [0.717, 1.165) is 11.1 Å². The highest BCUT2D eigenvalue weighted by atomic mass is 32.3. The van der Waals surface area contributed by atoms with Crippen LogP contribution in [0.15, 0.2) is 50.5 Å². The van der Waals surface area contributed by atoms with Crippen LogP contribution in [0.5, 0.6) is 0 Å². The lowest BCUT2D eigenvalue weighted by Crippen LogP contribution is -2.38. The number of sulfonamides is 1. The number of rotatable bonds is 7. The number of carbonyl (C=O) groups is 1. The van der Waals surface area contributed by atoms with E-state index >= 15 is 0 Å². The third kappa shape index (κ3) is 4.51. The van der Waals surface area contributed by atoms with Gasteiger partial charge in [0.25, 0.3) is 5.91 Å². The van der Waals surface area contributed by atoms with E-state index in [2.05, 4.69) is 15.2 Å². The Kier molecular flexibility index (Phi) is 5.85. The molecule has 142 valence electrons. The van der Waals surface area contributed by atoms with Gasteiger partial charge < -0.3 is 14.4 Å². The molecule has 0 aliphatic carbocycles. The SMILES string of the molecule is Cc1noc(C)c1[S+](=O)([O-])NCCNC(=O)c1cccc(-c2ccsc2)c1. The van der Waals surface area contributed by atoms with Crippen molar-refractivity contribution in [3.05, 3.63) is 58.1 Å². The Morgan fingerprint density at radius 3 is 2.74 bits per heavy atom. The molecule has 9 heteroatoms. The third-order valence-corrected chi connectivity index (χ3v) is 6.31. The molecule has 0 saturated carbocycles. The summed E-state index contributed by atoms with van der Waals surface area (Å²) in [6, 6.07) is 9.29. The van der Waals surface area contributed by atoms with Crippen LogP contribution in [0.1, 0.15) is 21.8 Å². The van der Waals surface area contributed by atoms with Crippen LogP contribution >= 0.6 is 11.3 Å². The molecule has 2 aromatic heterocycles. The molecular formula is C18H19N3O4S2. The number of benzene rings is 1. The van der Waals surface area contributed by atoms with Gasteiger partial charge in [-0.3, -0.25) is 4.79 Å². The van der Waals surface area contributed by atoms with Gasteiger partial charge in [0.05, 0.1) is 6.54 Å². The zero-order valence-electron chi connectivity index (χ0n) is 14.9. The number of hydrogen-bond donors (Lipinski definition) is 2. The second-order valence-corrected chi connectivity index (χ2v) is 8.38. The molecule has 27 heavy (non-hydrogen) atoms. The van der Waals surface area contributed by atoms with Crippen molar-refractivity contribution in [2.24, 2.45) is 0 Å². The lowest BCUT2D eigenvalue weighted by atomic mass is 10.1. The van der Waals surface area contributed by atoms with Gasteiger partial charge in [0.2, 0.25) is 4.90 Å². The summed E-state index contributed by atoms with van der Waals surface area (Å²) >= 11 is 1.59. The van der Waals surface area contributed by atoms with E-state index in [9.17, 15) is 13.6 Å². The fourth-order valence-corrected chi connectivity index (χ4v) is 4.68. The summed E-state index contributed by atoms with van der Waals surface area (Å²) in [5.74, 6) is -0.0297. The van der Waals surface area contributed by atoms with Gasteiger partial charge in [-0.1, -0.05) is 21.5 Å². The van der Waals surface area contributed by atoms with E-state index in [0.29, 0.717) is 11.3 Å². The zero-order valence-corrected chi connectivity index (χ0v) is 16.5. The molecule has 0 radical (unpaired) electrons. The normalized spacial score (nSPS) is 13.3. The minimum absolute atomic E-state index is 0.0392. The highest BCUT2D eigenvalue weighted by Crippen LogP contribution is 2.23. The van der Waals surface area contributed by atoms with Gasteiger partial charge in [0.1, 0.15) is 5.69 Å². The summed E-state index contributed by atoms with van der Waals surface area (Å²) in [7, 11) is -3.73. The highest BCUT2D eigenvalue weighted by Gasteiger charge is 2.29. The van der Waals surface area contributed by atoms with Crippen LogP contribution in [0, 0.1) is 13.8 Å². The Balaban J connectivity index is 1.56. The van der Waals surface area contributed by atoms with E-state index in [-0.39, 0.29) is 29.7 Å². The number of amides is 1. The number of nitrogens with one attached hydrogen (secondary N) is 2. The Morgan fingerprint density at radius 2 is 2.07 bits per heavy atom. The van der Waals surface area contributed by atoms with Crippen molar-refractivity contribution in [1.82, 2.24) is 15.2 Å². The predicted molar refractivity (Wildman–Crippen MR) is 103 cm³/mol. The number of aryl methyl sites for hydroxylation is 2. The van der Waals surface area contributed by atoms with Crippen molar-refractivity contribution in [2.45, 2.75) is 18.7 Å². The molecule has 0 spiro atoms. The van der Waals surface area contributed by atoms with Crippen LogP contribution in [-0.4, -0.2) is 28.7 Å². The van der Waals surface area contributed by atoms with Crippen LogP contribution in [0.3, 0.4) is 0 Å². The molecule has 0 saturated heterocycles. The molecule has 0 aliphatic heterocycles. The fourth-order valence-electron chi connectivity index (χ4n) is 2.66. The molecule has 0 bridgehead atoms. The van der Waals surface area contributed by atoms with Gasteiger partial charge in [-0.2, -0.15) is 11.3 Å². The van der Waals surface area contributed by atoms with Crippen molar-refractivity contribution in [2.75, 3.05) is 13.1 Å². The van der Waals surface area contributed by atoms with Gasteiger partial charge in [0.15, 0.2) is 16.2 Å². The first-order valence-corrected chi connectivity index (χ1v) is 10.6. The lowest BCUT2D eigenvalue weighted by Gasteiger charge is -2.14. The van der Waals surface area contributed by atoms with Crippen molar-refractivity contribution >= 4 is 27.6 Å². The average molecular weight is 406 g/mol. The molecule has 1 aromatic carbocycles. The number of aromatic nitrogens is 1. The van der Waals surface area contributed by atoms with Gasteiger partial charge in [-0.05, 0) is 47.0 Å². The molecule has 7 nitrogen and oxygen atoms in total. The monoisotopic (exact) mass is 405 g/mol. The predicted octanol–water partition coefficient (Wildman–Crippen LogP) is 2.94. The Hall–Kier alpha value is -2.33. The van der Waals surface area contributed by atoms with Crippen LogP contribution in [-0.2, 0) is 14.6 Å². The maximum atomic E-state index is 12.3. The number of nitrogens with zero attached hydrogens (tertiary/aromatic N) is 1. The summed E-state index contributed by atoms with van der Waals surface area (Å²) < 4.78 is 31.9. The maximum absolute atomic E-state index is 12.3. The molecule has 0 fully saturated rings. The van der Waals surface area contributed by atoms with Crippen LogP contribution < -0.4 is 10.0 Å². The number of hydrogen-bond acceptors (Lipinski definition) is 6. The topological polar surface area (TPSA) is 107 Å². The maximum Gasteiger partial charge on any atom is 0.251 e. The number of carbonyl (C=O) groups excluding carboxylic acids is 1. The lowest BCUT2D eigenvalue weighted by molar-refractivity contribution is 0.0954. The second kappa shape index (κ2) is 8.13. The Labute approximate surface area is 162 Å². The molecule has 0 aliphatic rings. The van der Waals surface area contributed by atoms with Crippen molar-refractivity contribution in [1.29, 1.82) is 0 Å². The van der Waals surface area contributed by atoms with Gasteiger partial charge >= 0.3 is 0 Å². The Bertz CT molecular complexity index is 963. The fraction of sp³-hybridized carbons (Fsp3) is 0.222. The molecule has 1 amide bonds. The highest BCUT2D eigenvalue weighted by molar-refractivity contribution is 7.95. The van der Waals surface area contributed by atoms with E-state index in [4.69, 9.17) is 4.52 Å². The molecular weight excluding hydrogens is 386 g/mol. The summed E-state index contributed by atoms with van der Waals surface area (Å²) in [5.41, 5.74) is 2.84. The quantitative estimate of drug-likeness (QED) is 0.464. The molecule has 2 heterocycles. The van der Waals surface area contributed by atoms with Crippen molar-refractivity contribution in [3.8, 4) is 11.1 Å². The van der Waals surface area contributed by atoms with Crippen LogP contribution in [0.4, 0.5) is 0 Å². The standard InChI is InChI=1S/C18H19N3O4S2/c1-12-17(13(2)25-21-12)27(23,24)20-8-7-19-18(22)15-5-3-4-14(10-15)16-6-9-26-11-16/h3-6,9-11H,7-8H2,1-2H3,(H2-,19,20,22,23,24). The molecule has 2 N–H and O–H groups in total. The van der Waals surface area contributed by atoms with Crippen molar-refractivity contribution in [3.63, 3.8) is 0 Å². The van der Waals surface area contributed by atoms with Gasteiger partial charge in [-0.25, -0.2) is 0 Å². The first-order valence-electron chi connectivity index (χ1n) is 8.22. The molecule has 1 unspecified atom stereocenters. The first kappa shape index (κ1) is 19.4. The van der Waals surface area contributed by atoms with Crippen LogP contribution in [0.2, 0.25) is 0 Å². The van der Waals surface area contributed by atoms with E-state index in [1.54, 1.807) is 24.3 Å². The summed E-state index contributed by atoms with van der Waals surface area (Å²) in [6.45, 7) is 3.32. The third-order valence-electron chi connectivity index (χ3n) is 3.92. The first-order chi connectivity index (χ1) is 12.9. The van der Waals surface area contributed by atoms with Gasteiger partial charge in [0, 0.05) is 19.0 Å². The zero-order chi connectivity index (χ0) is 19.4. The van der Waals surface area contributed by atoms with Crippen molar-refractivity contribution < 1.29 is 18.1 Å². The van der Waals surface area contributed by atoms with E-state index < -0.39 is 10.4 Å². The number of thiophene rings is 1. The smallest absolute Gasteiger partial charge is 0.251 e. The minimum atomic E-state index is -3.73. The average Bonchev–Trinajstić information content (AvgIpc) is 3.29.